The lowest BCUT2D eigenvalue weighted by Gasteiger charge is -2.34. The summed E-state index contributed by atoms with van der Waals surface area (Å²) in [5.74, 6) is -0.652. The molecule has 0 saturated heterocycles. The van der Waals surface area contributed by atoms with Crippen molar-refractivity contribution in [1.29, 1.82) is 0 Å². The van der Waals surface area contributed by atoms with Crippen LogP contribution in [0.25, 0.3) is 0 Å². The maximum Gasteiger partial charge on any atom is 0.338 e. The maximum absolute atomic E-state index is 12.6. The Morgan fingerprint density at radius 3 is 2.65 bits per heavy atom. The average molecular weight is 363 g/mol. The number of amides is 2. The maximum atomic E-state index is 12.6. The van der Waals surface area contributed by atoms with Gasteiger partial charge in [-0.1, -0.05) is 12.1 Å². The first kappa shape index (κ1) is 19.4. The lowest BCUT2D eigenvalue weighted by atomic mass is 9.93. The summed E-state index contributed by atoms with van der Waals surface area (Å²) >= 11 is 0. The molecule has 0 aromatic heterocycles. The number of nitrogens with zero attached hydrogens (tertiary/aromatic N) is 2. The van der Waals surface area contributed by atoms with Gasteiger partial charge in [0.2, 0.25) is 0 Å². The van der Waals surface area contributed by atoms with Crippen LogP contribution in [0.15, 0.2) is 35.5 Å². The lowest BCUT2D eigenvalue weighted by molar-refractivity contribution is -0.385. The number of methoxy groups -OCH3 is 1. The number of hydrogen-bond donors (Lipinski definition) is 1. The molecule has 1 N–H and O–H groups in total. The predicted octanol–water partition coefficient (Wildman–Crippen LogP) is 2.14. The molecule has 1 aromatic carbocycles. The van der Waals surface area contributed by atoms with Gasteiger partial charge in [0.05, 0.1) is 28.7 Å². The summed E-state index contributed by atoms with van der Waals surface area (Å²) in [4.78, 5) is 37.2. The van der Waals surface area contributed by atoms with E-state index in [0.29, 0.717) is 12.2 Å². The Bertz CT molecular complexity index is 746. The molecule has 2 rings (SSSR count). The van der Waals surface area contributed by atoms with Crippen LogP contribution >= 0.6 is 0 Å². The van der Waals surface area contributed by atoms with Crippen molar-refractivity contribution in [2.45, 2.75) is 19.9 Å². The van der Waals surface area contributed by atoms with Gasteiger partial charge >= 0.3 is 12.0 Å². The van der Waals surface area contributed by atoms with Crippen LogP contribution in [-0.2, 0) is 14.3 Å². The van der Waals surface area contributed by atoms with E-state index in [-0.39, 0.29) is 30.0 Å². The van der Waals surface area contributed by atoms with Crippen molar-refractivity contribution in [1.82, 2.24) is 10.2 Å². The third kappa shape index (κ3) is 3.83. The second kappa shape index (κ2) is 8.43. The number of esters is 1. The number of nitrogens with one attached hydrogen (secondary N) is 1. The average Bonchev–Trinajstić information content (AvgIpc) is 2.61. The van der Waals surface area contributed by atoms with Gasteiger partial charge in [0, 0.05) is 25.4 Å². The molecule has 0 aliphatic carbocycles. The second-order valence-electron chi connectivity index (χ2n) is 5.57. The van der Waals surface area contributed by atoms with Crippen LogP contribution in [0, 0.1) is 10.1 Å². The summed E-state index contributed by atoms with van der Waals surface area (Å²) in [7, 11) is 1.48. The number of carbonyl (C=O) groups excluding carboxylic acids is 2. The molecule has 1 aromatic rings. The molecule has 0 saturated carbocycles. The van der Waals surface area contributed by atoms with Gasteiger partial charge in [-0.2, -0.15) is 0 Å². The lowest BCUT2D eigenvalue weighted by Crippen LogP contribution is -2.48. The van der Waals surface area contributed by atoms with Gasteiger partial charge in [-0.25, -0.2) is 9.59 Å². The highest BCUT2D eigenvalue weighted by molar-refractivity contribution is 5.95. The minimum atomic E-state index is -0.970. The molecule has 0 unspecified atom stereocenters. The van der Waals surface area contributed by atoms with Gasteiger partial charge in [-0.3, -0.25) is 15.0 Å². The molecule has 0 fully saturated rings. The van der Waals surface area contributed by atoms with E-state index >= 15 is 0 Å². The number of urea groups is 1. The molecular formula is C17H21N3O6. The van der Waals surface area contributed by atoms with Crippen LogP contribution < -0.4 is 5.32 Å². The van der Waals surface area contributed by atoms with E-state index in [1.165, 1.54) is 30.2 Å². The summed E-state index contributed by atoms with van der Waals surface area (Å²) in [6, 6.07) is 4.59. The van der Waals surface area contributed by atoms with Crippen molar-refractivity contribution in [2.75, 3.05) is 26.9 Å². The molecule has 1 heterocycles. The molecule has 1 aliphatic rings. The number of hydrogen-bond acceptors (Lipinski definition) is 6. The normalized spacial score (nSPS) is 17.1. The zero-order valence-corrected chi connectivity index (χ0v) is 14.9. The first-order valence-electron chi connectivity index (χ1n) is 8.10. The van der Waals surface area contributed by atoms with Crippen LogP contribution in [0.4, 0.5) is 10.5 Å². The molecule has 26 heavy (non-hydrogen) atoms. The van der Waals surface area contributed by atoms with Crippen molar-refractivity contribution < 1.29 is 24.0 Å². The van der Waals surface area contributed by atoms with Gasteiger partial charge in [0.15, 0.2) is 0 Å². The summed E-state index contributed by atoms with van der Waals surface area (Å²) in [5.41, 5.74) is 0.607. The van der Waals surface area contributed by atoms with Crippen LogP contribution in [0.5, 0.6) is 0 Å². The van der Waals surface area contributed by atoms with Crippen molar-refractivity contribution in [3.8, 4) is 0 Å². The van der Waals surface area contributed by atoms with E-state index in [9.17, 15) is 19.7 Å². The SMILES string of the molecule is CCN1C(=O)N[C@H](c2ccccc2[N+](=O)[O-])C(C(=O)OCCOC)=C1C. The van der Waals surface area contributed by atoms with Gasteiger partial charge in [0.1, 0.15) is 6.61 Å². The van der Waals surface area contributed by atoms with Gasteiger partial charge in [0.25, 0.3) is 5.69 Å². The zero-order valence-electron chi connectivity index (χ0n) is 14.9. The van der Waals surface area contributed by atoms with E-state index in [4.69, 9.17) is 9.47 Å². The number of allylic oxidation sites excluding steroid dienone is 1. The molecule has 2 amide bonds. The number of benzene rings is 1. The van der Waals surface area contributed by atoms with Crippen LogP contribution in [0.3, 0.4) is 0 Å². The highest BCUT2D eigenvalue weighted by Crippen LogP contribution is 2.35. The van der Waals surface area contributed by atoms with Crippen molar-refractivity contribution in [3.05, 3.63) is 51.2 Å². The molecular weight excluding hydrogens is 342 g/mol. The van der Waals surface area contributed by atoms with E-state index in [2.05, 4.69) is 5.32 Å². The largest absolute Gasteiger partial charge is 0.460 e. The van der Waals surface area contributed by atoms with E-state index in [1.54, 1.807) is 19.9 Å². The topological polar surface area (TPSA) is 111 Å². The molecule has 0 spiro atoms. The number of rotatable bonds is 7. The Kier molecular flexibility index (Phi) is 6.29. The van der Waals surface area contributed by atoms with E-state index in [0.717, 1.165) is 0 Å². The summed E-state index contributed by atoms with van der Waals surface area (Å²) in [6.07, 6.45) is 0. The third-order valence-electron chi connectivity index (χ3n) is 4.10. The Hall–Kier alpha value is -2.94. The minimum absolute atomic E-state index is 0.0375. The Labute approximate surface area is 150 Å². The smallest absolute Gasteiger partial charge is 0.338 e. The van der Waals surface area contributed by atoms with Crippen molar-refractivity contribution >= 4 is 17.7 Å². The van der Waals surface area contributed by atoms with Gasteiger partial charge in [-0.15, -0.1) is 0 Å². The number of nitro benzene ring substituents is 1. The van der Waals surface area contributed by atoms with Crippen LogP contribution in [0.1, 0.15) is 25.5 Å². The number of nitro groups is 1. The monoisotopic (exact) mass is 363 g/mol. The highest BCUT2D eigenvalue weighted by Gasteiger charge is 2.38. The summed E-state index contributed by atoms with van der Waals surface area (Å²) in [6.45, 7) is 3.99. The fourth-order valence-corrected chi connectivity index (χ4v) is 2.85. The van der Waals surface area contributed by atoms with E-state index in [1.807, 2.05) is 0 Å². The molecule has 0 radical (unpaired) electrons. The molecule has 140 valence electrons. The fraction of sp³-hybridized carbons (Fsp3) is 0.412. The molecule has 9 heteroatoms. The molecule has 0 bridgehead atoms. The Morgan fingerprint density at radius 1 is 1.35 bits per heavy atom. The minimum Gasteiger partial charge on any atom is -0.460 e. The Balaban J connectivity index is 2.52. The van der Waals surface area contributed by atoms with Crippen molar-refractivity contribution in [3.63, 3.8) is 0 Å². The van der Waals surface area contributed by atoms with E-state index < -0.39 is 23.0 Å². The third-order valence-corrected chi connectivity index (χ3v) is 4.10. The van der Waals surface area contributed by atoms with Crippen LogP contribution in [-0.4, -0.2) is 48.7 Å². The van der Waals surface area contributed by atoms with Crippen molar-refractivity contribution in [2.24, 2.45) is 0 Å². The second-order valence-corrected chi connectivity index (χ2v) is 5.57. The number of carbonyl (C=O) groups is 2. The molecule has 9 nitrogen and oxygen atoms in total. The quantitative estimate of drug-likeness (QED) is 0.344. The number of para-hydroxylation sites is 1. The first-order valence-corrected chi connectivity index (χ1v) is 8.10. The molecule has 1 aliphatic heterocycles. The predicted molar refractivity (Wildman–Crippen MR) is 92.3 cm³/mol. The summed E-state index contributed by atoms with van der Waals surface area (Å²) in [5, 5.41) is 14.0. The highest BCUT2D eigenvalue weighted by atomic mass is 16.6. The van der Waals surface area contributed by atoms with Gasteiger partial charge < -0.3 is 14.8 Å². The number of ether oxygens (including phenoxy) is 2. The fourth-order valence-electron chi connectivity index (χ4n) is 2.85. The first-order chi connectivity index (χ1) is 12.4. The van der Waals surface area contributed by atoms with Gasteiger partial charge in [-0.05, 0) is 19.9 Å². The Morgan fingerprint density at radius 2 is 2.04 bits per heavy atom. The molecule has 1 atom stereocenters. The summed E-state index contributed by atoms with van der Waals surface area (Å²) < 4.78 is 10.1. The van der Waals surface area contributed by atoms with Crippen LogP contribution in [0.2, 0.25) is 0 Å². The standard InChI is InChI=1S/C17H21N3O6/c1-4-19-11(2)14(16(21)26-10-9-25-3)15(18-17(19)22)12-7-5-6-8-13(12)20(23)24/h5-8,15H,4,9-10H2,1-3H3,(H,18,22)/t15-/m1/s1. The zero-order chi connectivity index (χ0) is 19.3.